The van der Waals surface area contributed by atoms with Crippen molar-refractivity contribution in [1.29, 1.82) is 0 Å². The quantitative estimate of drug-likeness (QED) is 0.562. The average molecular weight is 445 g/mol. The summed E-state index contributed by atoms with van der Waals surface area (Å²) in [6, 6.07) is 4.64. The van der Waals surface area contributed by atoms with E-state index in [1.165, 1.54) is 33.5 Å². The lowest BCUT2D eigenvalue weighted by Gasteiger charge is -2.21. The van der Waals surface area contributed by atoms with Crippen LogP contribution in [0, 0.1) is 6.92 Å². The molecule has 11 heteroatoms. The molecule has 154 valence electrons. The fourth-order valence-corrected chi connectivity index (χ4v) is 5.66. The largest absolute Gasteiger partial charge is 0.492 e. The van der Waals surface area contributed by atoms with Gasteiger partial charge in [-0.3, -0.25) is 4.79 Å². The summed E-state index contributed by atoms with van der Waals surface area (Å²) in [5, 5.41) is 11.4. The van der Waals surface area contributed by atoms with Crippen molar-refractivity contribution in [3.8, 4) is 5.75 Å². The van der Waals surface area contributed by atoms with E-state index in [0.29, 0.717) is 29.7 Å². The van der Waals surface area contributed by atoms with Crippen LogP contribution in [0.5, 0.6) is 5.75 Å². The lowest BCUT2D eigenvalue weighted by Crippen LogP contribution is -2.31. The molecule has 1 aromatic heterocycles. The molecule has 0 bridgehead atoms. The minimum absolute atomic E-state index is 0.0447. The number of carbonyl (C=O) groups excluding carboxylic acids is 1. The molecule has 1 heterocycles. The van der Waals surface area contributed by atoms with Gasteiger partial charge in [0.1, 0.15) is 15.7 Å². The molecule has 28 heavy (non-hydrogen) atoms. The second-order valence-electron chi connectivity index (χ2n) is 5.61. The van der Waals surface area contributed by atoms with Gasteiger partial charge in [-0.05, 0) is 32.0 Å². The summed E-state index contributed by atoms with van der Waals surface area (Å²) in [4.78, 5) is 12.3. The SMILES string of the molecule is CCOc1ccc(NC(=O)CSc2nnc(C)s2)cc1S(=O)(=O)N(CC)CC. The molecule has 0 saturated heterocycles. The summed E-state index contributed by atoms with van der Waals surface area (Å²) in [6.07, 6.45) is 0. The standard InChI is InChI=1S/C17H24N4O4S3/c1-5-21(6-2)28(23,24)15-10-13(8-9-14(15)25-7-3)18-16(22)11-26-17-20-19-12(4)27-17/h8-10H,5-7,11H2,1-4H3,(H,18,22). The van der Waals surface area contributed by atoms with Crippen LogP contribution < -0.4 is 10.1 Å². The predicted molar refractivity (Wildman–Crippen MR) is 112 cm³/mol. The van der Waals surface area contributed by atoms with Gasteiger partial charge in [0.05, 0.1) is 12.4 Å². The van der Waals surface area contributed by atoms with Gasteiger partial charge in [0.25, 0.3) is 0 Å². The van der Waals surface area contributed by atoms with Gasteiger partial charge in [-0.1, -0.05) is 36.9 Å². The number of carbonyl (C=O) groups is 1. The summed E-state index contributed by atoms with van der Waals surface area (Å²) in [5.74, 6) is 0.166. The zero-order chi connectivity index (χ0) is 20.7. The Morgan fingerprint density at radius 1 is 1.25 bits per heavy atom. The average Bonchev–Trinajstić information content (AvgIpc) is 3.07. The van der Waals surface area contributed by atoms with E-state index in [1.807, 2.05) is 6.92 Å². The maximum atomic E-state index is 13.0. The monoisotopic (exact) mass is 444 g/mol. The minimum atomic E-state index is -3.73. The van der Waals surface area contributed by atoms with Crippen molar-refractivity contribution >= 4 is 44.7 Å². The molecule has 0 aliphatic rings. The number of anilines is 1. The second-order valence-corrected chi connectivity index (χ2v) is 9.92. The molecule has 0 aliphatic heterocycles. The number of thioether (sulfide) groups is 1. The Morgan fingerprint density at radius 3 is 2.54 bits per heavy atom. The highest BCUT2D eigenvalue weighted by Gasteiger charge is 2.26. The number of rotatable bonds is 10. The number of aryl methyl sites for hydroxylation is 1. The van der Waals surface area contributed by atoms with E-state index in [0.717, 1.165) is 5.01 Å². The normalized spacial score (nSPS) is 11.6. The van der Waals surface area contributed by atoms with Gasteiger partial charge >= 0.3 is 0 Å². The van der Waals surface area contributed by atoms with Gasteiger partial charge in [0.15, 0.2) is 4.34 Å². The highest BCUT2D eigenvalue weighted by molar-refractivity contribution is 8.01. The van der Waals surface area contributed by atoms with Crippen LogP contribution in [0.3, 0.4) is 0 Å². The molecule has 0 aliphatic carbocycles. The van der Waals surface area contributed by atoms with Gasteiger partial charge in [-0.15, -0.1) is 10.2 Å². The molecular weight excluding hydrogens is 420 g/mol. The highest BCUT2D eigenvalue weighted by atomic mass is 32.2. The fraction of sp³-hybridized carbons (Fsp3) is 0.471. The molecule has 0 unspecified atom stereocenters. The number of nitrogens with zero attached hydrogens (tertiary/aromatic N) is 3. The molecule has 0 radical (unpaired) electrons. The van der Waals surface area contributed by atoms with Gasteiger partial charge in [-0.25, -0.2) is 8.42 Å². The van der Waals surface area contributed by atoms with E-state index < -0.39 is 10.0 Å². The summed E-state index contributed by atoms with van der Waals surface area (Å²) in [7, 11) is -3.73. The molecular formula is C17H24N4O4S3. The summed E-state index contributed by atoms with van der Waals surface area (Å²) in [5.41, 5.74) is 0.397. The molecule has 1 amide bonds. The maximum absolute atomic E-state index is 13.0. The van der Waals surface area contributed by atoms with Crippen LogP contribution >= 0.6 is 23.1 Å². The lowest BCUT2D eigenvalue weighted by atomic mass is 10.3. The Labute approximate surface area is 173 Å². The van der Waals surface area contributed by atoms with Crippen molar-refractivity contribution < 1.29 is 17.9 Å². The number of ether oxygens (including phenoxy) is 1. The maximum Gasteiger partial charge on any atom is 0.246 e. The van der Waals surface area contributed by atoms with Gasteiger partial charge in [0.2, 0.25) is 15.9 Å². The third-order valence-corrected chi connectivity index (χ3v) is 7.73. The lowest BCUT2D eigenvalue weighted by molar-refractivity contribution is -0.113. The second kappa shape index (κ2) is 10.2. The van der Waals surface area contributed by atoms with Crippen molar-refractivity contribution in [2.75, 3.05) is 30.8 Å². The van der Waals surface area contributed by atoms with Crippen molar-refractivity contribution in [2.24, 2.45) is 0 Å². The van der Waals surface area contributed by atoms with E-state index in [-0.39, 0.29) is 22.3 Å². The van der Waals surface area contributed by atoms with Crippen LogP contribution in [0.4, 0.5) is 5.69 Å². The fourth-order valence-electron chi connectivity index (χ4n) is 2.43. The number of amides is 1. The molecule has 2 rings (SSSR count). The topological polar surface area (TPSA) is 101 Å². The summed E-state index contributed by atoms with van der Waals surface area (Å²) in [6.45, 7) is 8.22. The minimum Gasteiger partial charge on any atom is -0.492 e. The molecule has 0 saturated carbocycles. The molecule has 1 N–H and O–H groups in total. The Kier molecular flexibility index (Phi) is 8.23. The van der Waals surface area contributed by atoms with Crippen LogP contribution in [-0.4, -0.2) is 54.3 Å². The first kappa shape index (κ1) is 22.6. The number of benzene rings is 1. The number of aromatic nitrogens is 2. The number of nitrogens with one attached hydrogen (secondary N) is 1. The molecule has 0 atom stereocenters. The van der Waals surface area contributed by atoms with E-state index in [4.69, 9.17) is 4.74 Å². The molecule has 8 nitrogen and oxygen atoms in total. The smallest absolute Gasteiger partial charge is 0.246 e. The molecule has 1 aromatic carbocycles. The Balaban J connectivity index is 2.20. The Hall–Kier alpha value is -1.69. The molecule has 2 aromatic rings. The van der Waals surface area contributed by atoms with Crippen LogP contribution in [-0.2, 0) is 14.8 Å². The van der Waals surface area contributed by atoms with Crippen LogP contribution in [0.1, 0.15) is 25.8 Å². The van der Waals surface area contributed by atoms with E-state index in [2.05, 4.69) is 15.5 Å². The first-order chi connectivity index (χ1) is 13.3. The zero-order valence-electron chi connectivity index (χ0n) is 16.3. The summed E-state index contributed by atoms with van der Waals surface area (Å²) >= 11 is 2.70. The van der Waals surface area contributed by atoms with Gasteiger partial charge in [0, 0.05) is 18.8 Å². The number of hydrogen-bond donors (Lipinski definition) is 1. The third kappa shape index (κ3) is 5.66. The first-order valence-electron chi connectivity index (χ1n) is 8.81. The zero-order valence-corrected chi connectivity index (χ0v) is 18.7. The molecule has 0 spiro atoms. The van der Waals surface area contributed by atoms with Crippen molar-refractivity contribution in [3.05, 3.63) is 23.2 Å². The number of hydrogen-bond acceptors (Lipinski definition) is 8. The first-order valence-corrected chi connectivity index (χ1v) is 12.1. The Bertz CT molecular complexity index is 911. The number of sulfonamides is 1. The van der Waals surface area contributed by atoms with Crippen LogP contribution in [0.15, 0.2) is 27.4 Å². The van der Waals surface area contributed by atoms with Crippen molar-refractivity contribution in [2.45, 2.75) is 36.9 Å². The van der Waals surface area contributed by atoms with Gasteiger partial charge < -0.3 is 10.1 Å². The van der Waals surface area contributed by atoms with Crippen LogP contribution in [0.2, 0.25) is 0 Å². The van der Waals surface area contributed by atoms with Crippen molar-refractivity contribution in [3.63, 3.8) is 0 Å². The third-order valence-electron chi connectivity index (χ3n) is 3.68. The predicted octanol–water partition coefficient (Wildman–Crippen LogP) is 3.01. The van der Waals surface area contributed by atoms with E-state index >= 15 is 0 Å². The van der Waals surface area contributed by atoms with E-state index in [1.54, 1.807) is 32.9 Å². The van der Waals surface area contributed by atoms with Crippen molar-refractivity contribution in [1.82, 2.24) is 14.5 Å². The van der Waals surface area contributed by atoms with E-state index in [9.17, 15) is 13.2 Å². The van der Waals surface area contributed by atoms with Crippen LogP contribution in [0.25, 0.3) is 0 Å². The Morgan fingerprint density at radius 2 is 1.96 bits per heavy atom. The highest BCUT2D eigenvalue weighted by Crippen LogP contribution is 2.30. The summed E-state index contributed by atoms with van der Waals surface area (Å²) < 4.78 is 33.5. The molecule has 0 fully saturated rings. The van der Waals surface area contributed by atoms with Gasteiger partial charge in [-0.2, -0.15) is 4.31 Å².